The lowest BCUT2D eigenvalue weighted by molar-refractivity contribution is 0.415. The van der Waals surface area contributed by atoms with Gasteiger partial charge >= 0.3 is 0 Å². The van der Waals surface area contributed by atoms with E-state index in [1.165, 1.54) is 0 Å². The standard InChI is InChI=1S/C15H19N3O/c1-16-12-7-8-17-13(9-12)11-18(2)14-5-4-6-15(10-14)19-3/h4-10H,11H2,1-3H3,(H,16,17). The molecule has 0 saturated carbocycles. The third-order valence-electron chi connectivity index (χ3n) is 3.00. The number of hydrogen-bond donors (Lipinski definition) is 1. The van der Waals surface area contributed by atoms with Crippen LogP contribution in [0, 0.1) is 0 Å². The Labute approximate surface area is 114 Å². The highest BCUT2D eigenvalue weighted by molar-refractivity contribution is 5.51. The molecule has 19 heavy (non-hydrogen) atoms. The Morgan fingerprint density at radius 1 is 1.26 bits per heavy atom. The highest BCUT2D eigenvalue weighted by Crippen LogP contribution is 2.21. The number of nitrogens with one attached hydrogen (secondary N) is 1. The molecule has 0 atom stereocenters. The predicted octanol–water partition coefficient (Wildman–Crippen LogP) is 2.77. The summed E-state index contributed by atoms with van der Waals surface area (Å²) in [6, 6.07) is 12.0. The minimum atomic E-state index is 0.753. The number of rotatable bonds is 5. The van der Waals surface area contributed by atoms with Gasteiger partial charge in [-0.3, -0.25) is 4.98 Å². The van der Waals surface area contributed by atoms with Gasteiger partial charge in [-0.25, -0.2) is 0 Å². The molecule has 4 nitrogen and oxygen atoms in total. The monoisotopic (exact) mass is 257 g/mol. The Kier molecular flexibility index (Phi) is 4.23. The van der Waals surface area contributed by atoms with Crippen LogP contribution in [-0.4, -0.2) is 26.2 Å². The fourth-order valence-electron chi connectivity index (χ4n) is 1.90. The van der Waals surface area contributed by atoms with Crippen molar-refractivity contribution in [2.75, 3.05) is 31.4 Å². The van der Waals surface area contributed by atoms with Crippen LogP contribution in [0.15, 0.2) is 42.6 Å². The summed E-state index contributed by atoms with van der Waals surface area (Å²) in [4.78, 5) is 6.53. The van der Waals surface area contributed by atoms with Crippen molar-refractivity contribution < 1.29 is 4.74 Å². The molecule has 0 saturated heterocycles. The zero-order valence-electron chi connectivity index (χ0n) is 11.6. The van der Waals surface area contributed by atoms with Crippen LogP contribution in [0.2, 0.25) is 0 Å². The second kappa shape index (κ2) is 6.09. The van der Waals surface area contributed by atoms with Crippen LogP contribution < -0.4 is 15.0 Å². The van der Waals surface area contributed by atoms with E-state index < -0.39 is 0 Å². The van der Waals surface area contributed by atoms with Gasteiger partial charge in [-0.15, -0.1) is 0 Å². The average Bonchev–Trinajstić information content (AvgIpc) is 2.47. The summed E-state index contributed by atoms with van der Waals surface area (Å²) >= 11 is 0. The van der Waals surface area contributed by atoms with E-state index in [0.29, 0.717) is 0 Å². The van der Waals surface area contributed by atoms with Crippen LogP contribution in [-0.2, 0) is 6.54 Å². The number of pyridine rings is 1. The van der Waals surface area contributed by atoms with Crippen LogP contribution in [0.25, 0.3) is 0 Å². The number of hydrogen-bond acceptors (Lipinski definition) is 4. The van der Waals surface area contributed by atoms with Crippen molar-refractivity contribution in [1.82, 2.24) is 4.98 Å². The Hall–Kier alpha value is -2.23. The summed E-state index contributed by atoms with van der Waals surface area (Å²) in [5, 5.41) is 3.12. The van der Waals surface area contributed by atoms with Gasteiger partial charge in [0.25, 0.3) is 0 Å². The first-order chi connectivity index (χ1) is 9.22. The average molecular weight is 257 g/mol. The van der Waals surface area contributed by atoms with E-state index in [1.807, 2.05) is 44.6 Å². The van der Waals surface area contributed by atoms with Crippen molar-refractivity contribution in [2.24, 2.45) is 0 Å². The lowest BCUT2D eigenvalue weighted by atomic mass is 10.2. The van der Waals surface area contributed by atoms with E-state index in [4.69, 9.17) is 4.74 Å². The van der Waals surface area contributed by atoms with Crippen molar-refractivity contribution in [1.29, 1.82) is 0 Å². The molecule has 0 aliphatic carbocycles. The normalized spacial score (nSPS) is 10.1. The topological polar surface area (TPSA) is 37.4 Å². The molecular weight excluding hydrogens is 238 g/mol. The second-order valence-corrected chi connectivity index (χ2v) is 4.34. The first-order valence-electron chi connectivity index (χ1n) is 6.21. The fraction of sp³-hybridized carbons (Fsp3) is 0.267. The summed E-state index contributed by atoms with van der Waals surface area (Å²) in [5.41, 5.74) is 3.21. The van der Waals surface area contributed by atoms with Crippen LogP contribution in [0.5, 0.6) is 5.75 Å². The first-order valence-corrected chi connectivity index (χ1v) is 6.21. The third-order valence-corrected chi connectivity index (χ3v) is 3.00. The van der Waals surface area contributed by atoms with Crippen LogP contribution in [0.1, 0.15) is 5.69 Å². The molecule has 0 radical (unpaired) electrons. The summed E-state index contributed by atoms with van der Waals surface area (Å²) in [6.07, 6.45) is 1.82. The van der Waals surface area contributed by atoms with Gasteiger partial charge in [0.15, 0.2) is 0 Å². The molecule has 0 fully saturated rings. The molecule has 0 aliphatic heterocycles. The second-order valence-electron chi connectivity index (χ2n) is 4.34. The summed E-state index contributed by atoms with van der Waals surface area (Å²) < 4.78 is 5.24. The predicted molar refractivity (Wildman–Crippen MR) is 78.9 cm³/mol. The molecule has 1 aromatic heterocycles. The Bertz CT molecular complexity index is 542. The highest BCUT2D eigenvalue weighted by Gasteiger charge is 2.05. The molecule has 4 heteroatoms. The van der Waals surface area contributed by atoms with E-state index in [0.717, 1.165) is 29.4 Å². The number of benzene rings is 1. The molecule has 2 aromatic rings. The first kappa shape index (κ1) is 13.2. The zero-order valence-corrected chi connectivity index (χ0v) is 11.6. The Morgan fingerprint density at radius 2 is 2.11 bits per heavy atom. The van der Waals surface area contributed by atoms with Gasteiger partial charge in [-0.2, -0.15) is 0 Å². The number of methoxy groups -OCH3 is 1. The highest BCUT2D eigenvalue weighted by atomic mass is 16.5. The van der Waals surface area contributed by atoms with E-state index in [9.17, 15) is 0 Å². The minimum absolute atomic E-state index is 0.753. The minimum Gasteiger partial charge on any atom is -0.497 e. The summed E-state index contributed by atoms with van der Waals surface area (Å²) in [7, 11) is 5.63. The largest absolute Gasteiger partial charge is 0.497 e. The van der Waals surface area contributed by atoms with Crippen molar-refractivity contribution in [2.45, 2.75) is 6.54 Å². The van der Waals surface area contributed by atoms with Gasteiger partial charge in [0.2, 0.25) is 0 Å². The molecule has 2 rings (SSSR count). The molecule has 1 N–H and O–H groups in total. The number of nitrogens with zero attached hydrogens (tertiary/aromatic N) is 2. The molecule has 0 bridgehead atoms. The number of aromatic nitrogens is 1. The van der Waals surface area contributed by atoms with E-state index in [1.54, 1.807) is 7.11 Å². The van der Waals surface area contributed by atoms with Crippen molar-refractivity contribution in [3.8, 4) is 5.75 Å². The summed E-state index contributed by atoms with van der Waals surface area (Å²) in [6.45, 7) is 0.753. The van der Waals surface area contributed by atoms with Crippen molar-refractivity contribution in [3.63, 3.8) is 0 Å². The molecule has 0 amide bonds. The SMILES string of the molecule is CNc1ccnc(CN(C)c2cccc(OC)c2)c1. The molecular formula is C15H19N3O. The Balaban J connectivity index is 2.13. The molecule has 0 spiro atoms. The number of anilines is 2. The zero-order chi connectivity index (χ0) is 13.7. The maximum atomic E-state index is 5.24. The quantitative estimate of drug-likeness (QED) is 0.893. The van der Waals surface area contributed by atoms with Crippen molar-refractivity contribution >= 4 is 11.4 Å². The smallest absolute Gasteiger partial charge is 0.120 e. The van der Waals surface area contributed by atoms with Crippen LogP contribution >= 0.6 is 0 Å². The van der Waals surface area contributed by atoms with E-state index in [-0.39, 0.29) is 0 Å². The van der Waals surface area contributed by atoms with Crippen molar-refractivity contribution in [3.05, 3.63) is 48.3 Å². The molecule has 100 valence electrons. The van der Waals surface area contributed by atoms with Crippen LogP contribution in [0.3, 0.4) is 0 Å². The van der Waals surface area contributed by atoms with Gasteiger partial charge < -0.3 is 15.0 Å². The van der Waals surface area contributed by atoms with Crippen LogP contribution in [0.4, 0.5) is 11.4 Å². The van der Waals surface area contributed by atoms with Gasteiger partial charge in [0, 0.05) is 37.7 Å². The molecule has 0 unspecified atom stereocenters. The lowest BCUT2D eigenvalue weighted by Gasteiger charge is -2.19. The van der Waals surface area contributed by atoms with Gasteiger partial charge in [-0.05, 0) is 24.3 Å². The van der Waals surface area contributed by atoms with Gasteiger partial charge in [0.05, 0.1) is 19.3 Å². The Morgan fingerprint density at radius 3 is 2.84 bits per heavy atom. The molecule has 1 heterocycles. The third kappa shape index (κ3) is 3.37. The molecule has 1 aromatic carbocycles. The lowest BCUT2D eigenvalue weighted by Crippen LogP contribution is -2.17. The maximum Gasteiger partial charge on any atom is 0.120 e. The van der Waals surface area contributed by atoms with Gasteiger partial charge in [0.1, 0.15) is 5.75 Å². The fourth-order valence-corrected chi connectivity index (χ4v) is 1.90. The van der Waals surface area contributed by atoms with E-state index in [2.05, 4.69) is 27.3 Å². The number of ether oxygens (including phenoxy) is 1. The molecule has 0 aliphatic rings. The van der Waals surface area contributed by atoms with E-state index >= 15 is 0 Å². The van der Waals surface area contributed by atoms with Gasteiger partial charge in [-0.1, -0.05) is 6.07 Å². The summed E-state index contributed by atoms with van der Waals surface area (Å²) in [5.74, 6) is 0.862. The maximum absolute atomic E-state index is 5.24.